The van der Waals surface area contributed by atoms with Gasteiger partial charge in [-0.2, -0.15) is 19.6 Å². The lowest BCUT2D eigenvalue weighted by Gasteiger charge is -2.22. The number of rotatable bonds is 22. The van der Waals surface area contributed by atoms with Crippen LogP contribution < -0.4 is 14.7 Å². The number of nitrogens with zero attached hydrogens (tertiary/aromatic N) is 10. The summed E-state index contributed by atoms with van der Waals surface area (Å²) in [6.45, 7) is 22.0. The number of para-hydroxylation sites is 1. The van der Waals surface area contributed by atoms with Gasteiger partial charge < -0.3 is 14.7 Å². The first-order valence-corrected chi connectivity index (χ1v) is 31.6. The van der Waals surface area contributed by atoms with Crippen LogP contribution >= 0.6 is 10.7 Å². The number of fused-ring (bicyclic) bond motifs is 3. The highest BCUT2D eigenvalue weighted by Gasteiger charge is 2.32. The number of anilines is 3. The van der Waals surface area contributed by atoms with E-state index in [1.54, 1.807) is 57.5 Å². The monoisotopic (exact) mass is 1160 g/mol. The number of benzene rings is 6. The topological polar surface area (TPSA) is 135 Å². The van der Waals surface area contributed by atoms with Crippen LogP contribution in [0, 0.1) is 23.4 Å². The first kappa shape index (κ1) is 60.2. The fraction of sp³-hybridized carbons (Fsp3) is 0.361. The van der Waals surface area contributed by atoms with Crippen LogP contribution in [0.25, 0.3) is 32.7 Å². The molecular weight excluding hydrogens is 1090 g/mol. The largest absolute Gasteiger partial charge is 0.355 e. The van der Waals surface area contributed by atoms with Crippen LogP contribution in [0.3, 0.4) is 0 Å². The van der Waals surface area contributed by atoms with Crippen molar-refractivity contribution >= 4 is 79.9 Å². The second-order valence-electron chi connectivity index (χ2n) is 20.0. The van der Waals surface area contributed by atoms with Gasteiger partial charge in [0.05, 0.1) is 46.0 Å². The molecule has 430 valence electrons. The number of sulfonamides is 1. The Morgan fingerprint density at radius 2 is 0.840 bits per heavy atom. The Kier molecular flexibility index (Phi) is 19.9. The van der Waals surface area contributed by atoms with Gasteiger partial charge in [0, 0.05) is 79.2 Å². The number of hydrogen-bond acceptors (Lipinski definition) is 10. The van der Waals surface area contributed by atoms with Gasteiger partial charge in [-0.05, 0) is 168 Å². The average molecular weight is 1170 g/mol. The maximum atomic E-state index is 13.5. The summed E-state index contributed by atoms with van der Waals surface area (Å²) in [5, 5.41) is 17.0. The average Bonchev–Trinajstić information content (AvgIpc) is 4.10. The fourth-order valence-corrected chi connectivity index (χ4v) is 12.3. The van der Waals surface area contributed by atoms with Crippen molar-refractivity contribution in [1.29, 1.82) is 0 Å². The van der Waals surface area contributed by atoms with Crippen molar-refractivity contribution in [3.05, 3.63) is 168 Å². The van der Waals surface area contributed by atoms with Crippen molar-refractivity contribution in [2.24, 2.45) is 5.92 Å². The minimum atomic E-state index is -3.83. The predicted octanol–water partition coefficient (Wildman–Crippen LogP) is 12.9. The molecule has 81 heavy (non-hydrogen) atoms. The summed E-state index contributed by atoms with van der Waals surface area (Å²) in [6, 6.07) is 37.5. The van der Waals surface area contributed by atoms with Crippen LogP contribution in [0.2, 0.25) is 0 Å². The molecule has 14 nitrogen and oxygen atoms in total. The lowest BCUT2D eigenvalue weighted by atomic mass is 10.2. The zero-order valence-electron chi connectivity index (χ0n) is 47.1. The van der Waals surface area contributed by atoms with Gasteiger partial charge in [-0.25, -0.2) is 30.0 Å². The van der Waals surface area contributed by atoms with Crippen LogP contribution in [-0.4, -0.2) is 103 Å². The summed E-state index contributed by atoms with van der Waals surface area (Å²) in [5.74, 6) is 2.21. The van der Waals surface area contributed by atoms with E-state index in [9.17, 15) is 30.0 Å². The number of halogens is 4. The minimum Gasteiger partial charge on any atom is -0.355 e. The molecule has 20 heteroatoms. The molecule has 0 aliphatic heterocycles. The number of aromatic nitrogens is 6. The quantitative estimate of drug-likeness (QED) is 0.0604. The van der Waals surface area contributed by atoms with Gasteiger partial charge in [-0.3, -0.25) is 14.0 Å². The zero-order chi connectivity index (χ0) is 58.0. The molecule has 0 amide bonds. The molecule has 3 heterocycles. The molecule has 1 fully saturated rings. The molecule has 0 saturated heterocycles. The van der Waals surface area contributed by atoms with E-state index in [2.05, 4.69) is 54.7 Å². The lowest BCUT2D eigenvalue weighted by Crippen LogP contribution is -2.33. The lowest BCUT2D eigenvalue weighted by molar-refractivity contribution is 0.396. The van der Waals surface area contributed by atoms with Crippen molar-refractivity contribution in [2.45, 2.75) is 97.2 Å². The first-order chi connectivity index (χ1) is 38.9. The molecule has 1 aliphatic carbocycles. The Morgan fingerprint density at radius 1 is 0.481 bits per heavy atom. The fourth-order valence-electron chi connectivity index (χ4n) is 9.92. The van der Waals surface area contributed by atoms with Crippen LogP contribution in [0.1, 0.15) is 84.4 Å². The second-order valence-corrected chi connectivity index (χ2v) is 24.5. The third-order valence-electron chi connectivity index (χ3n) is 14.5. The maximum absolute atomic E-state index is 13.5. The normalized spacial score (nSPS) is 12.6. The van der Waals surface area contributed by atoms with Gasteiger partial charge in [0.15, 0.2) is 17.5 Å². The molecule has 0 spiro atoms. The van der Waals surface area contributed by atoms with E-state index in [1.807, 2.05) is 65.4 Å². The third-order valence-corrected chi connectivity index (χ3v) is 17.7. The Balaban J connectivity index is 0.000000163. The van der Waals surface area contributed by atoms with Crippen molar-refractivity contribution in [3.8, 4) is 0 Å². The molecule has 1 aliphatic rings. The molecule has 10 rings (SSSR count). The van der Waals surface area contributed by atoms with E-state index in [-0.39, 0.29) is 22.3 Å². The van der Waals surface area contributed by atoms with E-state index in [0.717, 1.165) is 120 Å². The Labute approximate surface area is 478 Å². The molecule has 0 bridgehead atoms. The van der Waals surface area contributed by atoms with Gasteiger partial charge >= 0.3 is 0 Å². The highest BCUT2D eigenvalue weighted by molar-refractivity contribution is 8.13. The summed E-state index contributed by atoms with van der Waals surface area (Å²) < 4.78 is 97.3. The highest BCUT2D eigenvalue weighted by atomic mass is 35.7. The van der Waals surface area contributed by atoms with Gasteiger partial charge in [0.2, 0.25) is 10.0 Å². The summed E-state index contributed by atoms with van der Waals surface area (Å²) >= 11 is 0. The van der Waals surface area contributed by atoms with Crippen molar-refractivity contribution in [1.82, 2.24) is 33.6 Å². The Hall–Kier alpha value is -6.93. The van der Waals surface area contributed by atoms with E-state index < -0.39 is 19.1 Å². The molecule has 3 aromatic heterocycles. The zero-order valence-corrected chi connectivity index (χ0v) is 49.5. The molecule has 0 radical (unpaired) electrons. The van der Waals surface area contributed by atoms with E-state index in [4.69, 9.17) is 20.9 Å². The van der Waals surface area contributed by atoms with Crippen molar-refractivity contribution in [3.63, 3.8) is 0 Å². The van der Waals surface area contributed by atoms with E-state index >= 15 is 0 Å². The standard InChI is InChI=1S/C25H33FN4O2S.C18H19ClFN3O2S.C18H20FN3/c1-4-15-29(17-19-7-8-19)33(31,32)22-13-14-24-23(16-22)25(28(5-2)6-3)27-30(24)18-20-9-11-21(26)12-10-20;1-3-22(4-2)18-16-11-15(26(19,24)25)9-10-17(16)23(21-18)12-13-5-7-14(20)8-6-13;1-3-21(4-2)18-16-7-5-6-8-17(16)22(20-18)13-14-9-11-15(19)12-10-14/h9-14,16,19H,4-8,15,17-18H2,1-3H3;5-11H,3-4,12H2,1-2H3;5-12H,3-4,13H2,1-2H3. The maximum Gasteiger partial charge on any atom is 0.261 e. The Bertz CT molecular complexity index is 3770. The smallest absolute Gasteiger partial charge is 0.261 e. The molecule has 6 aromatic carbocycles. The molecule has 0 atom stereocenters. The van der Waals surface area contributed by atoms with Crippen molar-refractivity contribution < 1.29 is 30.0 Å². The summed E-state index contributed by atoms with van der Waals surface area (Å²) in [4.78, 5) is 6.80. The van der Waals surface area contributed by atoms with Crippen LogP contribution in [0.4, 0.5) is 30.6 Å². The summed E-state index contributed by atoms with van der Waals surface area (Å²) in [7, 11) is -1.91. The van der Waals surface area contributed by atoms with Gasteiger partial charge in [0.1, 0.15) is 17.5 Å². The Morgan fingerprint density at radius 3 is 1.21 bits per heavy atom. The van der Waals surface area contributed by atoms with Crippen LogP contribution in [0.5, 0.6) is 0 Å². The third kappa shape index (κ3) is 14.4. The SMILES string of the molecule is CCCN(CC1CC1)S(=O)(=O)c1ccc2c(c1)c(N(CC)CC)nn2Cc1ccc(F)cc1.CCN(CC)c1nn(Cc2ccc(F)cc2)c2ccc(S(=O)(=O)Cl)cc12.CCN(CC)c1nn(Cc2ccc(F)cc2)c2ccccc12. The summed E-state index contributed by atoms with van der Waals surface area (Å²) in [5.41, 5.74) is 5.64. The van der Waals surface area contributed by atoms with Crippen LogP contribution in [0.15, 0.2) is 143 Å². The predicted molar refractivity (Wildman–Crippen MR) is 321 cm³/mol. The minimum absolute atomic E-state index is 0.0430. The molecule has 0 N–H and O–H groups in total. The highest BCUT2D eigenvalue weighted by Crippen LogP contribution is 2.35. The van der Waals surface area contributed by atoms with Crippen LogP contribution in [-0.2, 0) is 38.7 Å². The number of hydrogen-bond donors (Lipinski definition) is 0. The molecule has 0 unspecified atom stereocenters. The van der Waals surface area contributed by atoms with Gasteiger partial charge in [-0.15, -0.1) is 0 Å². The first-order valence-electron chi connectivity index (χ1n) is 27.8. The second kappa shape index (κ2) is 26.8. The molecular formula is C61H72ClF3N10O4S2. The molecule has 9 aromatic rings. The summed E-state index contributed by atoms with van der Waals surface area (Å²) in [6.07, 6.45) is 3.00. The van der Waals surface area contributed by atoms with Crippen molar-refractivity contribution in [2.75, 3.05) is 67.1 Å². The van der Waals surface area contributed by atoms with E-state index in [0.29, 0.717) is 49.4 Å². The van der Waals surface area contributed by atoms with E-state index in [1.165, 1.54) is 42.5 Å². The molecule has 1 saturated carbocycles. The van der Waals surface area contributed by atoms with Gasteiger partial charge in [0.25, 0.3) is 9.05 Å². The van der Waals surface area contributed by atoms with Gasteiger partial charge in [-0.1, -0.05) is 55.5 Å².